The van der Waals surface area contributed by atoms with Crippen molar-refractivity contribution in [2.75, 3.05) is 0 Å². The molecule has 0 aliphatic heterocycles. The number of aromatic nitrogens is 2. The number of hydrogen-bond acceptors (Lipinski definition) is 4. The van der Waals surface area contributed by atoms with Crippen LogP contribution in [0, 0.1) is 0 Å². The minimum Gasteiger partial charge on any atom is -0.338 e. The SMILES string of the molecule is Clc1cc(Cl)cc(-c2noc(CNC3CCCC3)n2)c1. The van der Waals surface area contributed by atoms with Crippen molar-refractivity contribution in [1.82, 2.24) is 15.5 Å². The molecule has 1 heterocycles. The van der Waals surface area contributed by atoms with Crippen LogP contribution in [0.2, 0.25) is 10.0 Å². The average molecular weight is 312 g/mol. The van der Waals surface area contributed by atoms with E-state index in [4.69, 9.17) is 27.7 Å². The van der Waals surface area contributed by atoms with Crippen LogP contribution in [-0.2, 0) is 6.54 Å². The van der Waals surface area contributed by atoms with Gasteiger partial charge in [-0.15, -0.1) is 0 Å². The normalized spacial score (nSPS) is 15.9. The van der Waals surface area contributed by atoms with Gasteiger partial charge < -0.3 is 9.84 Å². The summed E-state index contributed by atoms with van der Waals surface area (Å²) in [5.41, 5.74) is 0.762. The van der Waals surface area contributed by atoms with Gasteiger partial charge in [0.25, 0.3) is 0 Å². The molecule has 1 fully saturated rings. The van der Waals surface area contributed by atoms with Gasteiger partial charge in [-0.1, -0.05) is 41.2 Å². The van der Waals surface area contributed by atoms with Gasteiger partial charge in [-0.25, -0.2) is 0 Å². The van der Waals surface area contributed by atoms with Crippen molar-refractivity contribution in [3.63, 3.8) is 0 Å². The highest BCUT2D eigenvalue weighted by molar-refractivity contribution is 6.35. The minimum atomic E-state index is 0.512. The van der Waals surface area contributed by atoms with Crippen LogP contribution in [0.5, 0.6) is 0 Å². The van der Waals surface area contributed by atoms with E-state index in [-0.39, 0.29) is 0 Å². The van der Waals surface area contributed by atoms with E-state index in [1.807, 2.05) is 0 Å². The van der Waals surface area contributed by atoms with Crippen molar-refractivity contribution >= 4 is 23.2 Å². The molecule has 20 heavy (non-hydrogen) atoms. The Morgan fingerprint density at radius 2 is 1.85 bits per heavy atom. The van der Waals surface area contributed by atoms with Crippen molar-refractivity contribution in [3.8, 4) is 11.4 Å². The van der Waals surface area contributed by atoms with Crippen molar-refractivity contribution < 1.29 is 4.52 Å². The zero-order valence-corrected chi connectivity index (χ0v) is 12.4. The van der Waals surface area contributed by atoms with Crippen molar-refractivity contribution in [3.05, 3.63) is 34.1 Å². The van der Waals surface area contributed by atoms with E-state index in [9.17, 15) is 0 Å². The van der Waals surface area contributed by atoms with Gasteiger partial charge in [-0.05, 0) is 31.0 Å². The number of hydrogen-bond donors (Lipinski definition) is 1. The molecule has 1 aromatic heterocycles. The van der Waals surface area contributed by atoms with Crippen LogP contribution in [-0.4, -0.2) is 16.2 Å². The molecule has 4 nitrogen and oxygen atoms in total. The van der Waals surface area contributed by atoms with Crippen LogP contribution in [0.4, 0.5) is 0 Å². The summed E-state index contributed by atoms with van der Waals surface area (Å²) in [6.45, 7) is 0.603. The Kier molecular flexibility index (Phi) is 4.24. The zero-order chi connectivity index (χ0) is 13.9. The predicted molar refractivity (Wildman–Crippen MR) is 78.8 cm³/mol. The molecule has 1 aliphatic carbocycles. The van der Waals surface area contributed by atoms with E-state index in [0.717, 1.165) is 5.56 Å². The molecule has 0 amide bonds. The molecule has 1 saturated carbocycles. The van der Waals surface area contributed by atoms with Crippen LogP contribution >= 0.6 is 23.2 Å². The Morgan fingerprint density at radius 1 is 1.15 bits per heavy atom. The lowest BCUT2D eigenvalue weighted by atomic mass is 10.2. The number of nitrogens with zero attached hydrogens (tertiary/aromatic N) is 2. The summed E-state index contributed by atoms with van der Waals surface area (Å²) >= 11 is 11.9. The highest BCUT2D eigenvalue weighted by Crippen LogP contribution is 2.25. The van der Waals surface area contributed by atoms with Crippen LogP contribution in [0.1, 0.15) is 31.6 Å². The maximum absolute atomic E-state index is 5.97. The molecule has 0 saturated heterocycles. The van der Waals surface area contributed by atoms with Crippen LogP contribution < -0.4 is 5.32 Å². The Hall–Kier alpha value is -1.10. The lowest BCUT2D eigenvalue weighted by Crippen LogP contribution is -2.25. The number of benzene rings is 1. The molecule has 6 heteroatoms. The van der Waals surface area contributed by atoms with Gasteiger partial charge in [-0.2, -0.15) is 4.98 Å². The second-order valence-electron chi connectivity index (χ2n) is 5.03. The number of halogens is 2. The van der Waals surface area contributed by atoms with Gasteiger partial charge in [0, 0.05) is 21.7 Å². The third-order valence-electron chi connectivity index (χ3n) is 3.49. The molecule has 2 aromatic rings. The first-order chi connectivity index (χ1) is 9.70. The summed E-state index contributed by atoms with van der Waals surface area (Å²) in [6.07, 6.45) is 5.05. The Bertz CT molecular complexity index is 574. The zero-order valence-electron chi connectivity index (χ0n) is 10.9. The fourth-order valence-electron chi connectivity index (χ4n) is 2.49. The molecule has 0 radical (unpaired) electrons. The fourth-order valence-corrected chi connectivity index (χ4v) is 3.01. The van der Waals surface area contributed by atoms with Crippen molar-refractivity contribution in [1.29, 1.82) is 0 Å². The fraction of sp³-hybridized carbons (Fsp3) is 0.429. The van der Waals surface area contributed by atoms with Gasteiger partial charge in [-0.3, -0.25) is 0 Å². The maximum Gasteiger partial charge on any atom is 0.240 e. The first kappa shape index (κ1) is 13.9. The Labute approximate surface area is 127 Å². The summed E-state index contributed by atoms with van der Waals surface area (Å²) in [6, 6.07) is 5.79. The molecule has 3 rings (SSSR count). The standard InChI is InChI=1S/C14H15Cl2N3O/c15-10-5-9(6-11(16)7-10)14-18-13(20-19-14)8-17-12-3-1-2-4-12/h5-7,12,17H,1-4,8H2. The summed E-state index contributed by atoms with van der Waals surface area (Å²) in [5, 5.41) is 8.52. The average Bonchev–Trinajstić information content (AvgIpc) is 3.07. The summed E-state index contributed by atoms with van der Waals surface area (Å²) in [7, 11) is 0. The van der Waals surface area contributed by atoms with Crippen molar-refractivity contribution in [2.45, 2.75) is 38.3 Å². The minimum absolute atomic E-state index is 0.512. The van der Waals surface area contributed by atoms with E-state index in [1.165, 1.54) is 25.7 Å². The lowest BCUT2D eigenvalue weighted by molar-refractivity contribution is 0.357. The van der Waals surface area contributed by atoms with E-state index in [1.54, 1.807) is 18.2 Å². The van der Waals surface area contributed by atoms with Gasteiger partial charge in [0.15, 0.2) is 0 Å². The summed E-state index contributed by atoms with van der Waals surface area (Å²) in [4.78, 5) is 4.37. The van der Waals surface area contributed by atoms with Gasteiger partial charge >= 0.3 is 0 Å². The van der Waals surface area contributed by atoms with Gasteiger partial charge in [0.1, 0.15) is 0 Å². The summed E-state index contributed by atoms with van der Waals surface area (Å²) < 4.78 is 5.25. The Balaban J connectivity index is 1.69. The molecule has 0 atom stereocenters. The van der Waals surface area contributed by atoms with Crippen LogP contribution in [0.25, 0.3) is 11.4 Å². The molecule has 1 aliphatic rings. The predicted octanol–water partition coefficient (Wildman–Crippen LogP) is 4.08. The third kappa shape index (κ3) is 3.32. The van der Waals surface area contributed by atoms with E-state index < -0.39 is 0 Å². The molecule has 0 spiro atoms. The summed E-state index contributed by atoms with van der Waals surface area (Å²) in [5.74, 6) is 1.10. The van der Waals surface area contributed by atoms with Crippen LogP contribution in [0.3, 0.4) is 0 Å². The maximum atomic E-state index is 5.97. The smallest absolute Gasteiger partial charge is 0.240 e. The number of rotatable bonds is 4. The first-order valence-electron chi connectivity index (χ1n) is 6.73. The second-order valence-corrected chi connectivity index (χ2v) is 5.90. The first-order valence-corrected chi connectivity index (χ1v) is 7.49. The Morgan fingerprint density at radius 3 is 2.55 bits per heavy atom. The largest absolute Gasteiger partial charge is 0.338 e. The lowest BCUT2D eigenvalue weighted by Gasteiger charge is -2.08. The highest BCUT2D eigenvalue weighted by atomic mass is 35.5. The molecule has 1 aromatic carbocycles. The van der Waals surface area contributed by atoms with E-state index in [2.05, 4.69) is 15.5 Å². The highest BCUT2D eigenvalue weighted by Gasteiger charge is 2.16. The number of nitrogens with one attached hydrogen (secondary N) is 1. The molecule has 1 N–H and O–H groups in total. The molecular weight excluding hydrogens is 297 g/mol. The second kappa shape index (κ2) is 6.12. The van der Waals surface area contributed by atoms with E-state index >= 15 is 0 Å². The van der Waals surface area contributed by atoms with Gasteiger partial charge in [0.05, 0.1) is 6.54 Å². The van der Waals surface area contributed by atoms with Gasteiger partial charge in [0.2, 0.25) is 11.7 Å². The molecular formula is C14H15Cl2N3O. The monoisotopic (exact) mass is 311 g/mol. The molecule has 0 unspecified atom stereocenters. The third-order valence-corrected chi connectivity index (χ3v) is 3.92. The van der Waals surface area contributed by atoms with Crippen molar-refractivity contribution in [2.24, 2.45) is 0 Å². The van der Waals surface area contributed by atoms with Crippen LogP contribution in [0.15, 0.2) is 22.7 Å². The topological polar surface area (TPSA) is 51.0 Å². The van der Waals surface area contributed by atoms with E-state index in [0.29, 0.717) is 34.3 Å². The molecule has 106 valence electrons. The molecule has 0 bridgehead atoms. The quantitative estimate of drug-likeness (QED) is 0.924.